The molecule has 1 unspecified atom stereocenters. The molecule has 0 bridgehead atoms. The lowest BCUT2D eigenvalue weighted by atomic mass is 10.2. The normalized spacial score (nSPS) is 13.9. The third-order valence-electron chi connectivity index (χ3n) is 2.12. The van der Waals surface area contributed by atoms with E-state index in [1.807, 2.05) is 6.07 Å². The number of hydrogen-bond acceptors (Lipinski definition) is 4. The molecule has 0 fully saturated rings. The van der Waals surface area contributed by atoms with Crippen molar-refractivity contribution in [3.05, 3.63) is 19.2 Å². The minimum Gasteiger partial charge on any atom is -0.308 e. The van der Waals surface area contributed by atoms with E-state index in [1.54, 1.807) is 11.3 Å². The van der Waals surface area contributed by atoms with Crippen LogP contribution in [0.2, 0.25) is 0 Å². The first-order valence-electron chi connectivity index (χ1n) is 5.19. The van der Waals surface area contributed by atoms with Crippen LogP contribution in [0.3, 0.4) is 0 Å². The lowest BCUT2D eigenvalue weighted by Gasteiger charge is -2.15. The molecule has 0 aromatic carbocycles. The number of sulfone groups is 1. The van der Waals surface area contributed by atoms with E-state index in [4.69, 9.17) is 0 Å². The van der Waals surface area contributed by atoms with Gasteiger partial charge in [0.2, 0.25) is 0 Å². The first-order valence-corrected chi connectivity index (χ1v) is 9.65. The SMILES string of the molecule is CCCNC(CS(C)(=O)=O)c1cc(Br)c(Br)s1. The number of nitrogens with one attached hydrogen (secondary N) is 1. The average molecular weight is 405 g/mol. The van der Waals surface area contributed by atoms with Crippen molar-refractivity contribution in [2.75, 3.05) is 18.6 Å². The molecule has 0 saturated carbocycles. The van der Waals surface area contributed by atoms with Crippen LogP contribution in [0.4, 0.5) is 0 Å². The Morgan fingerprint density at radius 2 is 2.12 bits per heavy atom. The van der Waals surface area contributed by atoms with Gasteiger partial charge in [-0.2, -0.15) is 0 Å². The Kier molecular flexibility index (Phi) is 6.12. The van der Waals surface area contributed by atoms with E-state index >= 15 is 0 Å². The van der Waals surface area contributed by atoms with Gasteiger partial charge < -0.3 is 5.32 Å². The Bertz CT molecular complexity index is 451. The third kappa shape index (κ3) is 5.38. The Balaban J connectivity index is 2.89. The molecule has 0 spiro atoms. The molecule has 1 atom stereocenters. The first-order chi connectivity index (χ1) is 7.83. The predicted molar refractivity (Wildman–Crippen MR) is 80.5 cm³/mol. The Hall–Kier alpha value is 0.570. The van der Waals surface area contributed by atoms with Gasteiger partial charge in [-0.15, -0.1) is 11.3 Å². The van der Waals surface area contributed by atoms with Gasteiger partial charge in [0.05, 0.1) is 15.6 Å². The van der Waals surface area contributed by atoms with Gasteiger partial charge in [-0.1, -0.05) is 6.92 Å². The van der Waals surface area contributed by atoms with Crippen LogP contribution in [-0.4, -0.2) is 27.0 Å². The molecule has 1 heterocycles. The summed E-state index contributed by atoms with van der Waals surface area (Å²) in [5.74, 6) is 0.131. The average Bonchev–Trinajstić information content (AvgIpc) is 2.52. The largest absolute Gasteiger partial charge is 0.308 e. The highest BCUT2D eigenvalue weighted by molar-refractivity contribution is 9.13. The fourth-order valence-electron chi connectivity index (χ4n) is 1.40. The fraction of sp³-hybridized carbons (Fsp3) is 0.600. The second kappa shape index (κ2) is 6.65. The van der Waals surface area contributed by atoms with Crippen molar-refractivity contribution >= 4 is 53.0 Å². The summed E-state index contributed by atoms with van der Waals surface area (Å²) in [6.45, 7) is 2.87. The van der Waals surface area contributed by atoms with Crippen molar-refractivity contribution in [1.82, 2.24) is 5.32 Å². The molecular formula is C10H15Br2NO2S2. The van der Waals surface area contributed by atoms with E-state index in [0.29, 0.717) is 0 Å². The monoisotopic (exact) mass is 403 g/mol. The summed E-state index contributed by atoms with van der Waals surface area (Å²) in [4.78, 5) is 1.03. The Morgan fingerprint density at radius 1 is 1.47 bits per heavy atom. The van der Waals surface area contributed by atoms with Crippen LogP contribution >= 0.6 is 43.2 Å². The highest BCUT2D eigenvalue weighted by Gasteiger charge is 2.19. The van der Waals surface area contributed by atoms with Crippen molar-refractivity contribution in [2.24, 2.45) is 0 Å². The van der Waals surface area contributed by atoms with Crippen molar-refractivity contribution in [3.63, 3.8) is 0 Å². The van der Waals surface area contributed by atoms with Gasteiger partial charge in [0.25, 0.3) is 0 Å². The standard InChI is InChI=1S/C10H15Br2NO2S2/c1-3-4-13-8(6-17(2,14)15)9-5-7(11)10(12)16-9/h5,8,13H,3-4,6H2,1-2H3. The summed E-state index contributed by atoms with van der Waals surface area (Å²) >= 11 is 8.40. The predicted octanol–water partition coefficient (Wildman–Crippen LogP) is 3.36. The van der Waals surface area contributed by atoms with E-state index in [2.05, 4.69) is 44.1 Å². The molecule has 0 aliphatic rings. The van der Waals surface area contributed by atoms with Crippen molar-refractivity contribution < 1.29 is 8.42 Å². The number of thiophene rings is 1. The van der Waals surface area contributed by atoms with E-state index < -0.39 is 9.84 Å². The van der Waals surface area contributed by atoms with Gasteiger partial charge in [-0.25, -0.2) is 8.42 Å². The van der Waals surface area contributed by atoms with E-state index in [-0.39, 0.29) is 11.8 Å². The van der Waals surface area contributed by atoms with Gasteiger partial charge in [0.15, 0.2) is 0 Å². The molecule has 98 valence electrons. The third-order valence-corrected chi connectivity index (χ3v) is 6.43. The topological polar surface area (TPSA) is 46.2 Å². The van der Waals surface area contributed by atoms with Crippen LogP contribution < -0.4 is 5.32 Å². The molecule has 1 aromatic heterocycles. The molecule has 0 amide bonds. The molecule has 0 saturated heterocycles. The highest BCUT2D eigenvalue weighted by atomic mass is 79.9. The molecule has 1 rings (SSSR count). The minimum absolute atomic E-state index is 0.127. The zero-order valence-electron chi connectivity index (χ0n) is 9.66. The summed E-state index contributed by atoms with van der Waals surface area (Å²) in [7, 11) is -2.99. The van der Waals surface area contributed by atoms with Crippen LogP contribution in [-0.2, 0) is 9.84 Å². The van der Waals surface area contributed by atoms with Gasteiger partial charge in [0, 0.05) is 15.6 Å². The molecule has 7 heteroatoms. The highest BCUT2D eigenvalue weighted by Crippen LogP contribution is 2.35. The summed E-state index contributed by atoms with van der Waals surface area (Å²) < 4.78 is 24.8. The molecular weight excluding hydrogens is 390 g/mol. The maximum absolute atomic E-state index is 11.4. The van der Waals surface area contributed by atoms with Crippen LogP contribution in [0.1, 0.15) is 24.3 Å². The Labute approximate surface area is 123 Å². The molecule has 0 radical (unpaired) electrons. The van der Waals surface area contributed by atoms with Crippen LogP contribution in [0.5, 0.6) is 0 Å². The summed E-state index contributed by atoms with van der Waals surface area (Å²) in [6, 6.07) is 1.84. The van der Waals surface area contributed by atoms with Crippen LogP contribution in [0.25, 0.3) is 0 Å². The fourth-order valence-corrected chi connectivity index (χ4v) is 4.57. The van der Waals surface area contributed by atoms with Gasteiger partial charge in [-0.05, 0) is 50.9 Å². The van der Waals surface area contributed by atoms with E-state index in [0.717, 1.165) is 26.1 Å². The first kappa shape index (κ1) is 15.6. The molecule has 0 aliphatic heterocycles. The van der Waals surface area contributed by atoms with Gasteiger partial charge in [0.1, 0.15) is 9.84 Å². The van der Waals surface area contributed by atoms with E-state index in [1.165, 1.54) is 6.26 Å². The summed E-state index contributed by atoms with van der Waals surface area (Å²) in [6.07, 6.45) is 2.25. The van der Waals surface area contributed by atoms with Crippen LogP contribution in [0, 0.1) is 0 Å². The lowest BCUT2D eigenvalue weighted by molar-refractivity contribution is 0.554. The number of hydrogen-bond donors (Lipinski definition) is 1. The lowest BCUT2D eigenvalue weighted by Crippen LogP contribution is -2.27. The zero-order chi connectivity index (χ0) is 13.1. The summed E-state index contributed by atoms with van der Waals surface area (Å²) in [5, 5.41) is 3.27. The maximum atomic E-state index is 11.4. The van der Waals surface area contributed by atoms with E-state index in [9.17, 15) is 8.42 Å². The second-order valence-electron chi connectivity index (χ2n) is 3.87. The van der Waals surface area contributed by atoms with Crippen molar-refractivity contribution in [2.45, 2.75) is 19.4 Å². The van der Waals surface area contributed by atoms with Crippen molar-refractivity contribution in [3.8, 4) is 0 Å². The molecule has 1 N–H and O–H groups in total. The maximum Gasteiger partial charge on any atom is 0.149 e. The Morgan fingerprint density at radius 3 is 2.53 bits per heavy atom. The molecule has 0 aliphatic carbocycles. The second-order valence-corrected chi connectivity index (χ2v) is 9.31. The van der Waals surface area contributed by atoms with Gasteiger partial charge in [-0.3, -0.25) is 0 Å². The smallest absolute Gasteiger partial charge is 0.149 e. The van der Waals surface area contributed by atoms with Crippen molar-refractivity contribution in [1.29, 1.82) is 0 Å². The minimum atomic E-state index is -2.99. The zero-order valence-corrected chi connectivity index (χ0v) is 14.5. The number of rotatable bonds is 6. The molecule has 1 aromatic rings. The quantitative estimate of drug-likeness (QED) is 0.790. The number of halogens is 2. The molecule has 17 heavy (non-hydrogen) atoms. The van der Waals surface area contributed by atoms with Gasteiger partial charge >= 0.3 is 0 Å². The summed E-state index contributed by atoms with van der Waals surface area (Å²) in [5.41, 5.74) is 0. The van der Waals surface area contributed by atoms with Crippen LogP contribution in [0.15, 0.2) is 14.3 Å². The molecule has 3 nitrogen and oxygen atoms in total.